The second-order valence-corrected chi connectivity index (χ2v) is 8.74. The van der Waals surface area contributed by atoms with E-state index in [2.05, 4.69) is 15.4 Å². The minimum atomic E-state index is -1.04. The van der Waals surface area contributed by atoms with Crippen LogP contribution in [0.3, 0.4) is 0 Å². The average Bonchev–Trinajstić information content (AvgIpc) is 3.31. The van der Waals surface area contributed by atoms with Crippen LogP contribution in [-0.2, 0) is 19.2 Å². The van der Waals surface area contributed by atoms with Crippen LogP contribution in [0.4, 0.5) is 0 Å². The van der Waals surface area contributed by atoms with Crippen molar-refractivity contribution in [1.29, 1.82) is 0 Å². The molecule has 3 atom stereocenters. The van der Waals surface area contributed by atoms with E-state index in [-0.39, 0.29) is 43.4 Å². The number of fused-ring (bicyclic) bond motifs is 1. The fraction of sp³-hybridized carbons (Fsp3) is 0.545. The summed E-state index contributed by atoms with van der Waals surface area (Å²) in [5, 5.41) is 7.60. The molecule has 2 aliphatic rings. The van der Waals surface area contributed by atoms with Crippen molar-refractivity contribution in [3.05, 3.63) is 29.7 Å². The highest BCUT2D eigenvalue weighted by atomic mass is 16.3. The molecule has 1 aromatic rings. The summed E-state index contributed by atoms with van der Waals surface area (Å²) in [7, 11) is 0. The van der Waals surface area contributed by atoms with Gasteiger partial charge in [0.05, 0.1) is 12.3 Å². The van der Waals surface area contributed by atoms with Crippen LogP contribution in [0.15, 0.2) is 22.8 Å². The SMILES string of the molecule is CC(C)C[C@H](NC(=O)[C@@H]1CCCN2C(=O)CCC(NC(=O)c3ccco3)C(=O)N12)C(=O)C=[N+]=[N-]. The second-order valence-electron chi connectivity index (χ2n) is 8.74. The molecule has 0 aromatic carbocycles. The third-order valence-corrected chi connectivity index (χ3v) is 5.77. The molecule has 0 bridgehead atoms. The van der Waals surface area contributed by atoms with E-state index in [1.807, 2.05) is 13.8 Å². The quantitative estimate of drug-likeness (QED) is 0.314. The number of amides is 4. The molecule has 0 saturated carbocycles. The van der Waals surface area contributed by atoms with Gasteiger partial charge >= 0.3 is 6.21 Å². The molecule has 3 rings (SSSR count). The minimum Gasteiger partial charge on any atom is -0.459 e. The molecule has 34 heavy (non-hydrogen) atoms. The maximum absolute atomic E-state index is 13.4. The third kappa shape index (κ3) is 5.57. The van der Waals surface area contributed by atoms with Crippen molar-refractivity contribution in [2.45, 2.75) is 64.1 Å². The Morgan fingerprint density at radius 1 is 1.29 bits per heavy atom. The van der Waals surface area contributed by atoms with Gasteiger partial charge in [0, 0.05) is 13.0 Å². The molecule has 1 aromatic heterocycles. The number of nitrogens with one attached hydrogen (secondary N) is 2. The summed E-state index contributed by atoms with van der Waals surface area (Å²) in [5.41, 5.74) is 8.72. The van der Waals surface area contributed by atoms with E-state index in [1.165, 1.54) is 23.4 Å². The van der Waals surface area contributed by atoms with Gasteiger partial charge in [-0.05, 0) is 43.7 Å². The lowest BCUT2D eigenvalue weighted by Gasteiger charge is -2.43. The average molecular weight is 473 g/mol. The Hall–Kier alpha value is -3.79. The maximum atomic E-state index is 13.4. The van der Waals surface area contributed by atoms with Crippen molar-refractivity contribution < 1.29 is 33.2 Å². The van der Waals surface area contributed by atoms with E-state index in [1.54, 1.807) is 0 Å². The van der Waals surface area contributed by atoms with Crippen LogP contribution < -0.4 is 10.6 Å². The molecular weight excluding hydrogens is 444 g/mol. The van der Waals surface area contributed by atoms with E-state index >= 15 is 0 Å². The monoisotopic (exact) mass is 472 g/mol. The summed E-state index contributed by atoms with van der Waals surface area (Å²) < 4.78 is 5.07. The van der Waals surface area contributed by atoms with Gasteiger partial charge in [0.2, 0.25) is 11.8 Å². The van der Waals surface area contributed by atoms with E-state index in [9.17, 15) is 24.0 Å². The van der Waals surface area contributed by atoms with Gasteiger partial charge in [-0.25, -0.2) is 5.01 Å². The van der Waals surface area contributed by atoms with Crippen LogP contribution in [0.1, 0.15) is 56.5 Å². The number of Topliss-reactive ketones (excluding diaryl/α,β-unsaturated/α-hetero) is 1. The normalized spacial score (nSPS) is 21.3. The van der Waals surface area contributed by atoms with Crippen molar-refractivity contribution in [2.75, 3.05) is 6.54 Å². The zero-order chi connectivity index (χ0) is 24.8. The Morgan fingerprint density at radius 2 is 2.06 bits per heavy atom. The number of furan rings is 1. The standard InChI is InChI=1S/C22H28N6O6/c1-13(2)11-15(17(29)12-24-23)26-20(31)16-5-3-9-27-19(30)8-7-14(22(33)28(16)27)25-21(32)18-6-4-10-34-18/h4,6,10,12-16H,3,5,7-9,11H2,1-2H3,(H,25,32)(H,26,31)/t14?,15-,16-/m0/s1. The van der Waals surface area contributed by atoms with E-state index in [0.717, 1.165) is 11.2 Å². The lowest BCUT2D eigenvalue weighted by atomic mass is 9.99. The van der Waals surface area contributed by atoms with Gasteiger partial charge in [0.15, 0.2) is 5.76 Å². The number of ketones is 1. The molecule has 4 amide bonds. The lowest BCUT2D eigenvalue weighted by molar-refractivity contribution is -0.176. The fourth-order valence-electron chi connectivity index (χ4n) is 4.18. The topological polar surface area (TPSA) is 165 Å². The Morgan fingerprint density at radius 3 is 2.71 bits per heavy atom. The molecule has 12 nitrogen and oxygen atoms in total. The molecule has 0 spiro atoms. The first-order chi connectivity index (χ1) is 16.2. The predicted octanol–water partition coefficient (Wildman–Crippen LogP) is 0.307. The van der Waals surface area contributed by atoms with E-state index in [0.29, 0.717) is 12.8 Å². The van der Waals surface area contributed by atoms with Gasteiger partial charge in [0.25, 0.3) is 17.6 Å². The van der Waals surface area contributed by atoms with Crippen LogP contribution in [0.5, 0.6) is 0 Å². The van der Waals surface area contributed by atoms with Crippen LogP contribution in [0.25, 0.3) is 5.53 Å². The Balaban J connectivity index is 1.83. The second kappa shape index (κ2) is 10.9. The first-order valence-corrected chi connectivity index (χ1v) is 11.2. The lowest BCUT2D eigenvalue weighted by Crippen LogP contribution is -2.64. The zero-order valence-corrected chi connectivity index (χ0v) is 19.1. The van der Waals surface area contributed by atoms with Crippen molar-refractivity contribution in [3.8, 4) is 0 Å². The molecule has 0 radical (unpaired) electrons. The Bertz CT molecular complexity index is 1000. The van der Waals surface area contributed by atoms with Gasteiger partial charge in [0.1, 0.15) is 12.1 Å². The molecule has 2 fully saturated rings. The van der Waals surface area contributed by atoms with Gasteiger partial charge in [-0.3, -0.25) is 29.0 Å². The van der Waals surface area contributed by atoms with Crippen LogP contribution in [0, 0.1) is 5.92 Å². The van der Waals surface area contributed by atoms with Gasteiger partial charge in [-0.1, -0.05) is 13.8 Å². The van der Waals surface area contributed by atoms with E-state index in [4.69, 9.17) is 9.95 Å². The summed E-state index contributed by atoms with van der Waals surface area (Å²) >= 11 is 0. The van der Waals surface area contributed by atoms with Crippen molar-refractivity contribution in [1.82, 2.24) is 20.7 Å². The molecule has 0 aliphatic carbocycles. The molecule has 2 aliphatic heterocycles. The van der Waals surface area contributed by atoms with Crippen molar-refractivity contribution in [3.63, 3.8) is 0 Å². The number of rotatable bonds is 8. The largest absolute Gasteiger partial charge is 0.459 e. The number of carbonyl (C=O) groups excluding carboxylic acids is 5. The molecular formula is C22H28N6O6. The molecule has 182 valence electrons. The molecule has 2 N–H and O–H groups in total. The molecule has 12 heteroatoms. The zero-order valence-electron chi connectivity index (χ0n) is 19.1. The van der Waals surface area contributed by atoms with Crippen LogP contribution in [-0.4, -0.2) is 75.1 Å². The smallest absolute Gasteiger partial charge is 0.325 e. The van der Waals surface area contributed by atoms with Crippen molar-refractivity contribution in [2.24, 2.45) is 5.92 Å². The number of hydrogen-bond donors (Lipinski definition) is 2. The first kappa shape index (κ1) is 24.8. The predicted molar refractivity (Wildman–Crippen MR) is 117 cm³/mol. The Kier molecular flexibility index (Phi) is 7.95. The number of hydrogen-bond acceptors (Lipinski definition) is 6. The number of carbonyl (C=O) groups is 5. The summed E-state index contributed by atoms with van der Waals surface area (Å²) in [5.74, 6) is -2.64. The molecule has 1 unspecified atom stereocenters. The van der Waals surface area contributed by atoms with Crippen LogP contribution >= 0.6 is 0 Å². The highest BCUT2D eigenvalue weighted by molar-refractivity contribution is 6.28. The summed E-state index contributed by atoms with van der Waals surface area (Å²) in [6.45, 7) is 4.00. The fourth-order valence-corrected chi connectivity index (χ4v) is 4.18. The van der Waals surface area contributed by atoms with Crippen molar-refractivity contribution >= 4 is 35.6 Å². The van der Waals surface area contributed by atoms with E-state index < -0.39 is 41.6 Å². The summed E-state index contributed by atoms with van der Waals surface area (Å²) in [4.78, 5) is 66.9. The summed E-state index contributed by atoms with van der Waals surface area (Å²) in [6.07, 6.45) is 3.20. The van der Waals surface area contributed by atoms with Gasteiger partial charge in [-0.15, -0.1) is 0 Å². The summed E-state index contributed by atoms with van der Waals surface area (Å²) in [6, 6.07) is -0.0382. The maximum Gasteiger partial charge on any atom is 0.325 e. The highest BCUT2D eigenvalue weighted by Crippen LogP contribution is 2.25. The minimum absolute atomic E-state index is 0.0150. The van der Waals surface area contributed by atoms with Gasteiger partial charge in [-0.2, -0.15) is 4.79 Å². The molecule has 2 saturated heterocycles. The molecule has 3 heterocycles. The third-order valence-electron chi connectivity index (χ3n) is 5.77. The highest BCUT2D eigenvalue weighted by Gasteiger charge is 2.45. The van der Waals surface area contributed by atoms with Crippen LogP contribution in [0.2, 0.25) is 0 Å². The number of hydrazine groups is 1. The Labute approximate surface area is 196 Å². The first-order valence-electron chi connectivity index (χ1n) is 11.2. The number of nitrogens with zero attached hydrogens (tertiary/aromatic N) is 4. The van der Waals surface area contributed by atoms with Gasteiger partial charge < -0.3 is 20.6 Å².